The van der Waals surface area contributed by atoms with Gasteiger partial charge in [0.25, 0.3) is 5.56 Å². The van der Waals surface area contributed by atoms with Crippen molar-refractivity contribution < 1.29 is 90.7 Å². The molecule has 5 aromatic carbocycles. The minimum absolute atomic E-state index is 0.0874. The number of nitrogens with zero attached hydrogens (tertiary/aromatic N) is 5. The van der Waals surface area contributed by atoms with Crippen LogP contribution in [0.3, 0.4) is 0 Å². The number of amides is 4. The molecule has 0 spiro atoms. The van der Waals surface area contributed by atoms with Gasteiger partial charge in [0.1, 0.15) is 38.2 Å². The molecular formula is C82H99ClN10O20. The van der Waals surface area contributed by atoms with Gasteiger partial charge in [-0.25, -0.2) is 9.78 Å². The predicted molar refractivity (Wildman–Crippen MR) is 417 cm³/mol. The highest BCUT2D eigenvalue weighted by Gasteiger charge is 2.51. The second kappa shape index (κ2) is 44.0. The third-order valence-electron chi connectivity index (χ3n) is 19.6. The van der Waals surface area contributed by atoms with E-state index in [9.17, 15) is 38.7 Å². The van der Waals surface area contributed by atoms with Crippen molar-refractivity contribution in [3.63, 3.8) is 0 Å². The summed E-state index contributed by atoms with van der Waals surface area (Å²) in [4.78, 5) is 104. The van der Waals surface area contributed by atoms with Crippen LogP contribution in [0.2, 0.25) is 5.02 Å². The number of carbonyl (C=O) groups is 6. The number of esters is 2. The number of aliphatic hydroxyl groups excluding tert-OH is 1. The Bertz CT molecular complexity index is 4400. The lowest BCUT2D eigenvalue weighted by Gasteiger charge is -2.37. The van der Waals surface area contributed by atoms with Crippen LogP contribution in [0.5, 0.6) is 5.75 Å². The highest BCUT2D eigenvalue weighted by atomic mass is 35.5. The number of rotatable bonds is 50. The molecule has 31 heteroatoms. The number of aromatic nitrogens is 2. The molecule has 7 aromatic rings. The van der Waals surface area contributed by atoms with Crippen LogP contribution >= 0.6 is 11.6 Å². The van der Waals surface area contributed by atoms with Crippen molar-refractivity contribution >= 4 is 63.8 Å². The summed E-state index contributed by atoms with van der Waals surface area (Å²) in [6.45, 7) is 8.65. The van der Waals surface area contributed by atoms with E-state index in [1.807, 2.05) is 67.6 Å². The van der Waals surface area contributed by atoms with Gasteiger partial charge in [0, 0.05) is 45.2 Å². The zero-order chi connectivity index (χ0) is 79.8. The summed E-state index contributed by atoms with van der Waals surface area (Å²) >= 11 is 6.79. The summed E-state index contributed by atoms with van der Waals surface area (Å²) < 4.78 is 68.3. The fraction of sp³-hybridized carbons (Fsp3) is 0.463. The number of hydrogen-bond donors (Lipinski definition) is 6. The fourth-order valence-electron chi connectivity index (χ4n) is 14.0. The zero-order valence-corrected chi connectivity index (χ0v) is 64.7. The number of nitrogens with one attached hydrogen (secondary N) is 5. The maximum Gasteiger partial charge on any atom is 0.355 e. The van der Waals surface area contributed by atoms with E-state index in [-0.39, 0.29) is 63.3 Å². The normalized spacial score (nSPS) is 14.9. The van der Waals surface area contributed by atoms with Crippen molar-refractivity contribution in [1.82, 2.24) is 30.8 Å². The largest absolute Gasteiger partial charge is 0.497 e. The Morgan fingerprint density at radius 3 is 1.88 bits per heavy atom. The molecule has 0 unspecified atom stereocenters. The molecule has 3 atom stereocenters. The number of anilines is 1. The number of unbranched alkanes of at least 4 members (excludes halogenated alkanes) is 1. The molecule has 0 fully saturated rings. The van der Waals surface area contributed by atoms with Crippen molar-refractivity contribution in [3.8, 4) is 17.1 Å². The molecule has 3 aliphatic rings. The first-order valence-electron chi connectivity index (χ1n) is 38.0. The molecule has 30 nitrogen and oxygen atoms in total. The number of cyclic esters (lactones) is 1. The zero-order valence-electron chi connectivity index (χ0n) is 63.9. The molecule has 2 aliphatic heterocycles. The second-order valence-electron chi connectivity index (χ2n) is 26.9. The molecule has 6 N–H and O–H groups in total. The number of halogens is 1. The van der Waals surface area contributed by atoms with Crippen molar-refractivity contribution in [2.75, 3.05) is 158 Å². The minimum atomic E-state index is -2.03. The average Bonchev–Trinajstić information content (AvgIpc) is 1.59. The van der Waals surface area contributed by atoms with Gasteiger partial charge in [-0.2, -0.15) is 0 Å². The van der Waals surface area contributed by atoms with Crippen molar-refractivity contribution in [2.24, 2.45) is 5.11 Å². The van der Waals surface area contributed by atoms with Crippen LogP contribution < -0.4 is 36.9 Å². The van der Waals surface area contributed by atoms with Gasteiger partial charge in [0.05, 0.1) is 160 Å². The van der Waals surface area contributed by atoms with Crippen LogP contribution in [-0.2, 0) is 118 Å². The number of benzene rings is 5. The number of azide groups is 1. The van der Waals surface area contributed by atoms with E-state index in [1.54, 1.807) is 55.0 Å². The summed E-state index contributed by atoms with van der Waals surface area (Å²) in [6, 6.07) is 36.4. The maximum atomic E-state index is 14.7. The SMILES string of the molecule is CC[C@@]1(OC(=O)Cc2ccc(NC(=O)[C@H](CCCCNC(c3ccccc3)(c3ccccc3)c3ccc(OC)cc3)NC(=O)COCC(=O)NCCOCCOCCOCCOCCOCCOCCOCCOCCN=[N+]=[N-])cc2)C(=O)OCc2c1cc1n(c2=O)Cc2c-1nc1cc(Cl)c(C)c3c1c2[C@@H](NC(=O)CO)CC3. The number of carbonyl (C=O) groups excluding carboxylic acids is 6. The van der Waals surface area contributed by atoms with Crippen LogP contribution in [-0.4, -0.2) is 209 Å². The minimum Gasteiger partial charge on any atom is -0.497 e. The van der Waals surface area contributed by atoms with E-state index in [0.29, 0.717) is 176 Å². The first-order chi connectivity index (χ1) is 55.1. The van der Waals surface area contributed by atoms with Crippen LogP contribution in [0.4, 0.5) is 5.69 Å². The van der Waals surface area contributed by atoms with E-state index in [4.69, 9.17) is 79.0 Å². The Hall–Kier alpha value is -9.76. The molecule has 2 aromatic heterocycles. The third-order valence-corrected chi connectivity index (χ3v) is 20.0. The Balaban J connectivity index is 0.699. The summed E-state index contributed by atoms with van der Waals surface area (Å²) in [5.74, 6) is -3.17. The van der Waals surface area contributed by atoms with E-state index in [1.165, 1.54) is 0 Å². The van der Waals surface area contributed by atoms with E-state index >= 15 is 0 Å². The van der Waals surface area contributed by atoms with Crippen LogP contribution in [0.15, 0.2) is 131 Å². The number of pyridine rings is 2. The topological polar surface area (TPSA) is 377 Å². The number of ether oxygens (including phenoxy) is 12. The summed E-state index contributed by atoms with van der Waals surface area (Å²) in [5.41, 5.74) is 13.7. The molecule has 0 bridgehead atoms. The average molecular weight is 1580 g/mol. The highest BCUT2D eigenvalue weighted by Crippen LogP contribution is 2.48. The van der Waals surface area contributed by atoms with Gasteiger partial charge in [-0.1, -0.05) is 109 Å². The van der Waals surface area contributed by atoms with Gasteiger partial charge >= 0.3 is 11.9 Å². The first-order valence-corrected chi connectivity index (χ1v) is 38.4. The van der Waals surface area contributed by atoms with Gasteiger partial charge in [-0.3, -0.25) is 34.1 Å². The summed E-state index contributed by atoms with van der Waals surface area (Å²) in [5, 5.41) is 29.7. The lowest BCUT2D eigenvalue weighted by atomic mass is 9.77. The van der Waals surface area contributed by atoms with Crippen LogP contribution in [0, 0.1) is 6.92 Å². The molecule has 4 heterocycles. The number of aryl methyl sites for hydroxylation is 1. The Kier molecular flexibility index (Phi) is 33.4. The Labute approximate surface area is 660 Å². The molecule has 0 radical (unpaired) electrons. The van der Waals surface area contributed by atoms with Gasteiger partial charge in [-0.15, -0.1) is 0 Å². The lowest BCUT2D eigenvalue weighted by Crippen LogP contribution is -2.47. The van der Waals surface area contributed by atoms with Gasteiger partial charge in [0.15, 0.2) is 0 Å². The monoisotopic (exact) mass is 1580 g/mol. The quantitative estimate of drug-likeness (QED) is 0.00531. The standard InChI is InChI=1S/C82H99ClN10O20/c1-4-81(65-48-70-77-63(50-93(70)79(100)64(65)52-112-80(81)101)76-67(89-71(95)51-94)27-26-62-55(2)66(83)49-69(91-77)75(62)76)113-74(98)47-56-18-22-60(23-19-56)88-78(99)68(17-11-12-28-86-82(57-13-7-5-8-14-57,58-15-9-6-10-16-58)59-20-24-61(102-3)25-21-59)90-73(97)54-111-53-72(96)85-29-31-103-33-35-105-37-39-107-41-43-109-45-46-110-44-42-108-40-38-106-36-34-104-32-30-87-92-84/h5-10,13-16,18-25,48-49,67-68,86,94H,4,11-12,17,26-47,50-54H2,1-3H3,(H,85,96)(H,88,99)(H,89,95)(H,90,97)/t67-,68-,81-/m0/s1. The number of methoxy groups -OCH3 is 1. The van der Waals surface area contributed by atoms with Crippen molar-refractivity contribution in [2.45, 2.75) is 95.2 Å². The fourth-order valence-corrected chi connectivity index (χ4v) is 14.3. The predicted octanol–water partition coefficient (Wildman–Crippen LogP) is 7.69. The van der Waals surface area contributed by atoms with Crippen LogP contribution in [0.25, 0.3) is 32.7 Å². The maximum absolute atomic E-state index is 14.7. The first kappa shape index (κ1) is 85.7. The highest BCUT2D eigenvalue weighted by molar-refractivity contribution is 6.32. The second-order valence-corrected chi connectivity index (χ2v) is 27.3. The Morgan fingerprint density at radius 2 is 1.29 bits per heavy atom. The molecule has 0 saturated carbocycles. The lowest BCUT2D eigenvalue weighted by molar-refractivity contribution is -0.189. The van der Waals surface area contributed by atoms with E-state index < -0.39 is 84.2 Å². The summed E-state index contributed by atoms with van der Waals surface area (Å²) in [7, 11) is 1.62. The van der Waals surface area contributed by atoms with Gasteiger partial charge in [0.2, 0.25) is 29.2 Å². The smallest absolute Gasteiger partial charge is 0.355 e. The van der Waals surface area contributed by atoms with Crippen LogP contribution in [0.1, 0.15) is 101 Å². The van der Waals surface area contributed by atoms with E-state index in [2.05, 4.69) is 60.9 Å². The molecule has 0 saturated heterocycles. The number of fused-ring (bicyclic) bond motifs is 5. The van der Waals surface area contributed by atoms with E-state index in [0.717, 1.165) is 38.8 Å². The molecule has 10 rings (SSSR count). The van der Waals surface area contributed by atoms with Crippen molar-refractivity contribution in [1.29, 1.82) is 0 Å². The molecule has 113 heavy (non-hydrogen) atoms. The number of aliphatic hydroxyl groups is 1. The number of hydrogen-bond acceptors (Lipinski definition) is 23. The van der Waals surface area contributed by atoms with Gasteiger partial charge in [-0.05, 0) is 133 Å². The van der Waals surface area contributed by atoms with Gasteiger partial charge < -0.3 is 87.8 Å². The Morgan fingerprint density at radius 1 is 0.708 bits per heavy atom. The summed E-state index contributed by atoms with van der Waals surface area (Å²) in [6.07, 6.45) is 1.90. The molecule has 4 amide bonds. The third kappa shape index (κ3) is 23.0. The molecule has 604 valence electrons. The van der Waals surface area contributed by atoms with Crippen molar-refractivity contribution in [3.05, 3.63) is 203 Å². The molecule has 1 aliphatic carbocycles. The molecular weight excluding hydrogens is 1480 g/mol.